The molecule has 3 nitrogen and oxygen atoms in total. The predicted octanol–water partition coefficient (Wildman–Crippen LogP) is 0.248. The van der Waals surface area contributed by atoms with Crippen LogP contribution in [0.4, 0.5) is 5.69 Å². The molecule has 4 heteroatoms. The minimum atomic E-state index is -4.19. The minimum absolute atomic E-state index is 0.421. The molecule has 2 rings (SSSR count). The van der Waals surface area contributed by atoms with E-state index in [4.69, 9.17) is 5.73 Å². The number of anilines is 1. The van der Waals surface area contributed by atoms with Gasteiger partial charge >= 0.3 is 96.4 Å². The van der Waals surface area contributed by atoms with Gasteiger partial charge in [-0.05, 0) is 0 Å². The molecule has 0 spiro atoms. The van der Waals surface area contributed by atoms with Crippen LogP contribution in [0.15, 0.2) is 54.6 Å². The molecule has 0 aliphatic carbocycles. The van der Waals surface area contributed by atoms with Gasteiger partial charge in [0.1, 0.15) is 0 Å². The van der Waals surface area contributed by atoms with Crippen LogP contribution >= 0.6 is 0 Å². The molecular weight excluding hydrogens is 265 g/mol. The summed E-state index contributed by atoms with van der Waals surface area (Å²) in [5.41, 5.74) is 6.11. The molecule has 0 aliphatic heterocycles. The summed E-state index contributed by atoms with van der Waals surface area (Å²) >= 11 is -4.19. The van der Waals surface area contributed by atoms with Crippen LogP contribution in [-0.4, -0.2) is 17.9 Å². The fourth-order valence-corrected chi connectivity index (χ4v) is 4.61. The van der Waals surface area contributed by atoms with Gasteiger partial charge in [-0.25, -0.2) is 0 Å². The van der Waals surface area contributed by atoms with E-state index >= 15 is 0 Å². The van der Waals surface area contributed by atoms with Gasteiger partial charge in [0.2, 0.25) is 0 Å². The zero-order chi connectivity index (χ0) is 11.6. The van der Waals surface area contributed by atoms with Crippen LogP contribution in [0.3, 0.4) is 0 Å². The standard InChI is InChI=1S/C12H12AsNO2/c14-12-8-4-7-11(9-12)13(15,16)10-5-2-1-3-6-10/h1-9H,14H2,(H,15,16). The first-order valence-corrected chi connectivity index (χ1v) is 8.33. The fourth-order valence-electron chi connectivity index (χ4n) is 1.49. The van der Waals surface area contributed by atoms with Crippen LogP contribution in [0, 0.1) is 0 Å². The van der Waals surface area contributed by atoms with Gasteiger partial charge in [0, 0.05) is 0 Å². The molecule has 0 bridgehead atoms. The first kappa shape index (κ1) is 11.1. The van der Waals surface area contributed by atoms with Gasteiger partial charge in [-0.1, -0.05) is 0 Å². The van der Waals surface area contributed by atoms with E-state index in [-0.39, 0.29) is 0 Å². The molecule has 0 aromatic heterocycles. The van der Waals surface area contributed by atoms with Crippen molar-refractivity contribution in [2.75, 3.05) is 5.73 Å². The zero-order valence-corrected chi connectivity index (χ0v) is 10.5. The van der Waals surface area contributed by atoms with Crippen molar-refractivity contribution in [3.8, 4) is 0 Å². The molecular formula is C12H12AsNO2. The van der Waals surface area contributed by atoms with Crippen molar-refractivity contribution in [2.24, 2.45) is 0 Å². The number of nitrogen functional groups attached to an aromatic ring is 1. The molecule has 0 fully saturated rings. The molecule has 16 heavy (non-hydrogen) atoms. The second kappa shape index (κ2) is 4.20. The molecule has 2 aromatic rings. The van der Waals surface area contributed by atoms with Crippen molar-refractivity contribution in [2.45, 2.75) is 0 Å². The normalized spacial score (nSPS) is 14.3. The summed E-state index contributed by atoms with van der Waals surface area (Å²) in [6.07, 6.45) is 0. The van der Waals surface area contributed by atoms with Crippen LogP contribution in [0.1, 0.15) is 0 Å². The summed E-state index contributed by atoms with van der Waals surface area (Å²) in [7, 11) is 0. The molecule has 0 amide bonds. The first-order valence-electron chi connectivity index (χ1n) is 4.85. The van der Waals surface area contributed by atoms with Crippen LogP contribution < -0.4 is 14.4 Å². The topological polar surface area (TPSA) is 63.3 Å². The van der Waals surface area contributed by atoms with Crippen molar-refractivity contribution >= 4 is 28.2 Å². The average Bonchev–Trinajstić information content (AvgIpc) is 2.30. The van der Waals surface area contributed by atoms with E-state index in [1.807, 2.05) is 6.07 Å². The summed E-state index contributed by atoms with van der Waals surface area (Å²) in [6.45, 7) is 0. The van der Waals surface area contributed by atoms with Crippen LogP contribution in [-0.2, 0) is 3.74 Å². The summed E-state index contributed by atoms with van der Waals surface area (Å²) in [5.74, 6) is 0. The molecule has 3 N–H and O–H groups in total. The van der Waals surface area contributed by atoms with Gasteiger partial charge in [-0.15, -0.1) is 0 Å². The second-order valence-electron chi connectivity index (χ2n) is 3.51. The third-order valence-electron chi connectivity index (χ3n) is 2.33. The number of hydrogen-bond acceptors (Lipinski definition) is 2. The van der Waals surface area contributed by atoms with Gasteiger partial charge < -0.3 is 0 Å². The zero-order valence-electron chi connectivity index (χ0n) is 8.58. The van der Waals surface area contributed by atoms with Gasteiger partial charge in [0.05, 0.1) is 0 Å². The van der Waals surface area contributed by atoms with E-state index in [0.717, 1.165) is 0 Å². The molecule has 82 valence electrons. The Bertz CT molecular complexity index is 540. The molecule has 1 atom stereocenters. The van der Waals surface area contributed by atoms with Crippen molar-refractivity contribution in [3.63, 3.8) is 0 Å². The average molecular weight is 277 g/mol. The predicted molar refractivity (Wildman–Crippen MR) is 65.2 cm³/mol. The number of nitrogens with two attached hydrogens (primary N) is 1. The molecule has 2 aromatic carbocycles. The van der Waals surface area contributed by atoms with Gasteiger partial charge in [-0.2, -0.15) is 0 Å². The Kier molecular flexibility index (Phi) is 2.90. The van der Waals surface area contributed by atoms with Crippen molar-refractivity contribution < 1.29 is 7.84 Å². The Morgan fingerprint density at radius 2 is 1.56 bits per heavy atom. The third kappa shape index (κ3) is 2.06. The number of rotatable bonds is 2. The summed E-state index contributed by atoms with van der Waals surface area (Å²) < 4.78 is 23.4. The Balaban J connectivity index is 2.51. The van der Waals surface area contributed by atoms with E-state index in [1.165, 1.54) is 0 Å². The Morgan fingerprint density at radius 1 is 0.938 bits per heavy atom. The maximum atomic E-state index is 12.3. The molecule has 0 saturated heterocycles. The maximum absolute atomic E-state index is 12.3. The molecule has 1 unspecified atom stereocenters. The van der Waals surface area contributed by atoms with Crippen LogP contribution in [0.25, 0.3) is 0 Å². The molecule has 0 aliphatic rings. The van der Waals surface area contributed by atoms with Crippen LogP contribution in [0.2, 0.25) is 0 Å². The van der Waals surface area contributed by atoms with Crippen LogP contribution in [0.5, 0.6) is 0 Å². The van der Waals surface area contributed by atoms with Crippen molar-refractivity contribution in [3.05, 3.63) is 54.6 Å². The fraction of sp³-hybridized carbons (Fsp3) is 0. The van der Waals surface area contributed by atoms with Gasteiger partial charge in [0.15, 0.2) is 0 Å². The van der Waals surface area contributed by atoms with E-state index in [9.17, 15) is 7.84 Å². The van der Waals surface area contributed by atoms with Gasteiger partial charge in [0.25, 0.3) is 0 Å². The summed E-state index contributed by atoms with van der Waals surface area (Å²) in [5, 5.41) is 0. The van der Waals surface area contributed by atoms with E-state index < -0.39 is 13.8 Å². The second-order valence-corrected chi connectivity index (χ2v) is 8.09. The number of hydrogen-bond donors (Lipinski definition) is 2. The molecule has 0 heterocycles. The molecule has 0 saturated carbocycles. The van der Waals surface area contributed by atoms with Crippen molar-refractivity contribution in [1.29, 1.82) is 0 Å². The van der Waals surface area contributed by atoms with Gasteiger partial charge in [-0.3, -0.25) is 0 Å². The Morgan fingerprint density at radius 3 is 2.19 bits per heavy atom. The number of benzene rings is 2. The molecule has 0 radical (unpaired) electrons. The Labute approximate surface area is 96.6 Å². The van der Waals surface area contributed by atoms with E-state index in [0.29, 0.717) is 14.4 Å². The van der Waals surface area contributed by atoms with E-state index in [2.05, 4.69) is 0 Å². The first-order chi connectivity index (χ1) is 7.60. The summed E-state index contributed by atoms with van der Waals surface area (Å²) in [4.78, 5) is 0. The van der Waals surface area contributed by atoms with Crippen molar-refractivity contribution in [1.82, 2.24) is 0 Å². The quantitative estimate of drug-likeness (QED) is 0.611. The monoisotopic (exact) mass is 277 g/mol. The SMILES string of the molecule is Nc1cccc([As](=O)(O)c2ccccc2)c1. The Hall–Kier alpha value is -1.44. The summed E-state index contributed by atoms with van der Waals surface area (Å²) in [6, 6.07) is 15.3. The van der Waals surface area contributed by atoms with E-state index in [1.54, 1.807) is 48.5 Å². The third-order valence-corrected chi connectivity index (χ3v) is 6.47.